The number of aryl methyl sites for hydroxylation is 1. The lowest BCUT2D eigenvalue weighted by Gasteiger charge is -2.32. The summed E-state index contributed by atoms with van der Waals surface area (Å²) in [5.41, 5.74) is 2.02. The SMILES string of the molecule is CC(C)CN(C(=O)OC(C)(C)C)c1ccc(CN(Cc2ccn(C)n2)C(=O)NC2CCN(C)CC2)cc1. The summed E-state index contributed by atoms with van der Waals surface area (Å²) in [4.78, 5) is 32.0. The van der Waals surface area contributed by atoms with Gasteiger partial charge in [0.25, 0.3) is 0 Å². The minimum Gasteiger partial charge on any atom is -0.443 e. The predicted molar refractivity (Wildman–Crippen MR) is 146 cm³/mol. The number of likely N-dealkylation sites (tertiary alicyclic amines) is 1. The van der Waals surface area contributed by atoms with Crippen LogP contribution in [0.5, 0.6) is 0 Å². The number of urea groups is 1. The van der Waals surface area contributed by atoms with Crippen molar-refractivity contribution in [2.45, 2.75) is 72.2 Å². The fourth-order valence-electron chi connectivity index (χ4n) is 4.33. The first-order chi connectivity index (χ1) is 17.4. The summed E-state index contributed by atoms with van der Waals surface area (Å²) in [6.07, 6.45) is 3.43. The molecule has 1 aromatic heterocycles. The minimum atomic E-state index is -0.570. The molecule has 1 aromatic carbocycles. The summed E-state index contributed by atoms with van der Waals surface area (Å²) >= 11 is 0. The molecule has 0 saturated carbocycles. The van der Waals surface area contributed by atoms with Crippen LogP contribution >= 0.6 is 0 Å². The fourth-order valence-corrected chi connectivity index (χ4v) is 4.33. The van der Waals surface area contributed by atoms with E-state index in [-0.39, 0.29) is 24.1 Å². The van der Waals surface area contributed by atoms with E-state index >= 15 is 0 Å². The van der Waals surface area contributed by atoms with Crippen molar-refractivity contribution >= 4 is 17.8 Å². The van der Waals surface area contributed by atoms with Crippen LogP contribution in [0.2, 0.25) is 0 Å². The summed E-state index contributed by atoms with van der Waals surface area (Å²) < 4.78 is 7.39. The second-order valence-electron chi connectivity index (χ2n) is 11.5. The van der Waals surface area contributed by atoms with Crippen molar-refractivity contribution in [2.24, 2.45) is 13.0 Å². The van der Waals surface area contributed by atoms with Gasteiger partial charge in [-0.15, -0.1) is 0 Å². The Morgan fingerprint density at radius 2 is 1.73 bits per heavy atom. The van der Waals surface area contributed by atoms with Gasteiger partial charge in [-0.25, -0.2) is 9.59 Å². The van der Waals surface area contributed by atoms with Gasteiger partial charge < -0.3 is 19.9 Å². The lowest BCUT2D eigenvalue weighted by atomic mass is 10.1. The molecule has 1 N–H and O–H groups in total. The smallest absolute Gasteiger partial charge is 0.414 e. The van der Waals surface area contributed by atoms with Gasteiger partial charge in [-0.05, 0) is 83.4 Å². The largest absolute Gasteiger partial charge is 0.443 e. The number of hydrogen-bond donors (Lipinski definition) is 1. The highest BCUT2D eigenvalue weighted by atomic mass is 16.6. The van der Waals surface area contributed by atoms with Crippen LogP contribution in [0.3, 0.4) is 0 Å². The van der Waals surface area contributed by atoms with Crippen molar-refractivity contribution in [2.75, 3.05) is 31.6 Å². The van der Waals surface area contributed by atoms with Gasteiger partial charge in [0.05, 0.1) is 12.2 Å². The van der Waals surface area contributed by atoms with Crippen LogP contribution in [0, 0.1) is 5.92 Å². The highest BCUT2D eigenvalue weighted by Gasteiger charge is 2.25. The van der Waals surface area contributed by atoms with Crippen molar-refractivity contribution in [3.63, 3.8) is 0 Å². The molecule has 1 aliphatic heterocycles. The van der Waals surface area contributed by atoms with Crippen molar-refractivity contribution in [3.05, 3.63) is 47.8 Å². The second kappa shape index (κ2) is 12.4. The van der Waals surface area contributed by atoms with E-state index in [4.69, 9.17) is 4.74 Å². The highest BCUT2D eigenvalue weighted by molar-refractivity contribution is 5.88. The average Bonchev–Trinajstić information content (AvgIpc) is 3.22. The van der Waals surface area contributed by atoms with Crippen LogP contribution in [0.1, 0.15) is 58.7 Å². The number of benzene rings is 1. The van der Waals surface area contributed by atoms with E-state index in [0.29, 0.717) is 19.6 Å². The number of nitrogens with zero attached hydrogens (tertiary/aromatic N) is 5. The van der Waals surface area contributed by atoms with Gasteiger partial charge in [-0.1, -0.05) is 26.0 Å². The van der Waals surface area contributed by atoms with Gasteiger partial charge >= 0.3 is 12.1 Å². The van der Waals surface area contributed by atoms with E-state index in [0.717, 1.165) is 42.9 Å². The zero-order valence-electron chi connectivity index (χ0n) is 23.5. The molecule has 2 aromatic rings. The average molecular weight is 513 g/mol. The van der Waals surface area contributed by atoms with E-state index < -0.39 is 5.60 Å². The van der Waals surface area contributed by atoms with Gasteiger partial charge in [0, 0.05) is 38.1 Å². The van der Waals surface area contributed by atoms with E-state index in [1.807, 2.05) is 64.3 Å². The molecule has 0 aliphatic carbocycles. The van der Waals surface area contributed by atoms with Crippen molar-refractivity contribution in [3.8, 4) is 0 Å². The van der Waals surface area contributed by atoms with E-state index in [9.17, 15) is 9.59 Å². The molecule has 1 fully saturated rings. The van der Waals surface area contributed by atoms with Crippen LogP contribution in [0.15, 0.2) is 36.5 Å². The normalized spacial score (nSPS) is 15.0. The maximum Gasteiger partial charge on any atom is 0.414 e. The summed E-state index contributed by atoms with van der Waals surface area (Å²) in [7, 11) is 3.99. The number of nitrogens with one attached hydrogen (secondary N) is 1. The third-order valence-corrected chi connectivity index (χ3v) is 6.24. The van der Waals surface area contributed by atoms with Gasteiger partial charge in [0.2, 0.25) is 0 Å². The molecule has 1 saturated heterocycles. The van der Waals surface area contributed by atoms with Crippen LogP contribution in [-0.2, 0) is 24.9 Å². The molecule has 9 nitrogen and oxygen atoms in total. The zero-order chi connectivity index (χ0) is 27.2. The summed E-state index contributed by atoms with van der Waals surface area (Å²) in [5, 5.41) is 7.71. The Morgan fingerprint density at radius 1 is 1.08 bits per heavy atom. The molecular weight excluding hydrogens is 468 g/mol. The molecule has 3 rings (SSSR count). The quantitative estimate of drug-likeness (QED) is 0.558. The molecule has 1 aliphatic rings. The number of amides is 3. The fraction of sp³-hybridized carbons (Fsp3) is 0.607. The van der Waals surface area contributed by atoms with E-state index in [1.54, 1.807) is 14.5 Å². The van der Waals surface area contributed by atoms with Gasteiger partial charge in [-0.2, -0.15) is 5.10 Å². The molecule has 0 spiro atoms. The third-order valence-electron chi connectivity index (χ3n) is 6.24. The number of hydrogen-bond acceptors (Lipinski definition) is 5. The molecule has 9 heteroatoms. The van der Waals surface area contributed by atoms with Gasteiger partial charge in [-0.3, -0.25) is 9.58 Å². The maximum absolute atomic E-state index is 13.3. The molecule has 37 heavy (non-hydrogen) atoms. The number of carbonyl (C=O) groups excluding carboxylic acids is 2. The Balaban J connectivity index is 1.74. The molecule has 0 bridgehead atoms. The number of piperidine rings is 1. The number of rotatable bonds is 8. The topological polar surface area (TPSA) is 82.9 Å². The number of aromatic nitrogens is 2. The summed E-state index contributed by atoms with van der Waals surface area (Å²) in [6, 6.07) is 9.83. The van der Waals surface area contributed by atoms with Crippen LogP contribution in [-0.4, -0.2) is 70.0 Å². The van der Waals surface area contributed by atoms with Crippen molar-refractivity contribution in [1.29, 1.82) is 0 Å². The van der Waals surface area contributed by atoms with E-state index in [2.05, 4.69) is 36.2 Å². The Morgan fingerprint density at radius 3 is 2.27 bits per heavy atom. The molecule has 0 atom stereocenters. The van der Waals surface area contributed by atoms with Crippen LogP contribution in [0.4, 0.5) is 15.3 Å². The first-order valence-corrected chi connectivity index (χ1v) is 13.2. The number of ether oxygens (including phenoxy) is 1. The molecule has 0 radical (unpaired) electrons. The van der Waals surface area contributed by atoms with Crippen LogP contribution < -0.4 is 10.2 Å². The molecule has 2 heterocycles. The maximum atomic E-state index is 13.3. The van der Waals surface area contributed by atoms with Crippen molar-refractivity contribution < 1.29 is 14.3 Å². The lowest BCUT2D eigenvalue weighted by Crippen LogP contribution is -2.48. The molecular formula is C28H44N6O3. The Kier molecular flexibility index (Phi) is 9.59. The van der Waals surface area contributed by atoms with E-state index in [1.165, 1.54) is 0 Å². The Bertz CT molecular complexity index is 1020. The highest BCUT2D eigenvalue weighted by Crippen LogP contribution is 2.22. The summed E-state index contributed by atoms with van der Waals surface area (Å²) in [5.74, 6) is 0.282. The zero-order valence-corrected chi connectivity index (χ0v) is 23.5. The second-order valence-corrected chi connectivity index (χ2v) is 11.5. The van der Waals surface area contributed by atoms with Crippen LogP contribution in [0.25, 0.3) is 0 Å². The molecule has 204 valence electrons. The van der Waals surface area contributed by atoms with Gasteiger partial charge in [0.1, 0.15) is 5.60 Å². The minimum absolute atomic E-state index is 0.0838. The predicted octanol–water partition coefficient (Wildman–Crippen LogP) is 4.62. The first-order valence-electron chi connectivity index (χ1n) is 13.2. The van der Waals surface area contributed by atoms with Crippen molar-refractivity contribution in [1.82, 2.24) is 24.9 Å². The standard InChI is InChI=1S/C28H44N6O3/c1-21(2)18-34(27(36)37-28(3,4)5)25-10-8-22(9-11-25)19-33(20-24-14-17-32(7)30-24)26(35)29-23-12-15-31(6)16-13-23/h8-11,14,17,21,23H,12-13,15-16,18-20H2,1-7H3,(H,29,35). The summed E-state index contributed by atoms with van der Waals surface area (Å²) in [6.45, 7) is 13.1. The molecule has 0 unspecified atom stereocenters. The Labute approximate surface area is 221 Å². The third kappa shape index (κ3) is 9.07. The lowest BCUT2D eigenvalue weighted by molar-refractivity contribution is 0.0576. The first kappa shape index (κ1) is 28.5. The number of carbonyl (C=O) groups is 2. The number of anilines is 1. The molecule has 3 amide bonds. The Hall–Kier alpha value is -3.07. The van der Waals surface area contributed by atoms with Gasteiger partial charge in [0.15, 0.2) is 0 Å². The monoisotopic (exact) mass is 512 g/mol.